The number of aliphatic carboxylic acids is 1. The molecule has 1 N–H and O–H groups in total. The average molecular weight is 317 g/mol. The van der Waals surface area contributed by atoms with E-state index in [4.69, 9.17) is 5.11 Å². The number of ketones is 1. The van der Waals surface area contributed by atoms with Gasteiger partial charge in [0.15, 0.2) is 5.78 Å². The molecule has 1 aromatic rings. The third kappa shape index (κ3) is 3.81. The summed E-state index contributed by atoms with van der Waals surface area (Å²) < 4.78 is 0. The molecule has 1 saturated heterocycles. The van der Waals surface area contributed by atoms with Gasteiger partial charge < -0.3 is 5.11 Å². The van der Waals surface area contributed by atoms with Gasteiger partial charge >= 0.3 is 5.97 Å². The average Bonchev–Trinajstić information content (AvgIpc) is 2.47. The van der Waals surface area contributed by atoms with Crippen molar-refractivity contribution in [2.45, 2.75) is 53.0 Å². The lowest BCUT2D eigenvalue weighted by Crippen LogP contribution is -2.46. The monoisotopic (exact) mass is 317 g/mol. The third-order valence-corrected chi connectivity index (χ3v) is 4.93. The molecule has 0 aliphatic carbocycles. The van der Waals surface area contributed by atoms with E-state index >= 15 is 0 Å². The van der Waals surface area contributed by atoms with Crippen molar-refractivity contribution >= 4 is 11.8 Å². The number of rotatable bonds is 5. The lowest BCUT2D eigenvalue weighted by atomic mass is 9.89. The van der Waals surface area contributed by atoms with Crippen molar-refractivity contribution in [3.63, 3.8) is 0 Å². The van der Waals surface area contributed by atoms with Gasteiger partial charge in [-0.3, -0.25) is 14.5 Å². The molecule has 0 radical (unpaired) electrons. The van der Waals surface area contributed by atoms with Crippen molar-refractivity contribution in [2.75, 3.05) is 13.1 Å². The molecule has 126 valence electrons. The number of hydrogen-bond acceptors (Lipinski definition) is 3. The predicted molar refractivity (Wildman–Crippen MR) is 91.0 cm³/mol. The molecule has 0 spiro atoms. The molecule has 0 aromatic heterocycles. The summed E-state index contributed by atoms with van der Waals surface area (Å²) in [6, 6.07) is 3.97. The van der Waals surface area contributed by atoms with Gasteiger partial charge in [-0.2, -0.15) is 0 Å². The summed E-state index contributed by atoms with van der Waals surface area (Å²) in [7, 11) is 0. The second-order valence-corrected chi connectivity index (χ2v) is 6.71. The molecule has 4 nitrogen and oxygen atoms in total. The highest BCUT2D eigenvalue weighted by molar-refractivity contribution is 6.02. The van der Waals surface area contributed by atoms with Gasteiger partial charge in [-0.1, -0.05) is 24.6 Å². The van der Waals surface area contributed by atoms with Gasteiger partial charge in [-0.15, -0.1) is 0 Å². The van der Waals surface area contributed by atoms with Crippen LogP contribution < -0.4 is 0 Å². The van der Waals surface area contributed by atoms with Crippen molar-refractivity contribution in [2.24, 2.45) is 5.92 Å². The van der Waals surface area contributed by atoms with E-state index in [1.54, 1.807) is 0 Å². The zero-order valence-electron chi connectivity index (χ0n) is 14.6. The van der Waals surface area contributed by atoms with E-state index in [1.807, 2.05) is 27.7 Å². The molecule has 2 rings (SSSR count). The smallest absolute Gasteiger partial charge is 0.306 e. The first-order valence-corrected chi connectivity index (χ1v) is 8.44. The third-order valence-electron chi connectivity index (χ3n) is 4.93. The Morgan fingerprint density at radius 3 is 2.13 bits per heavy atom. The summed E-state index contributed by atoms with van der Waals surface area (Å²) in [5.74, 6) is -0.799. The summed E-state index contributed by atoms with van der Waals surface area (Å²) in [5.41, 5.74) is 4.08. The van der Waals surface area contributed by atoms with Gasteiger partial charge in [0.2, 0.25) is 0 Å². The molecule has 1 aliphatic rings. The first-order valence-electron chi connectivity index (χ1n) is 8.44. The van der Waals surface area contributed by atoms with Crippen LogP contribution in [0.3, 0.4) is 0 Å². The Morgan fingerprint density at radius 1 is 1.17 bits per heavy atom. The topological polar surface area (TPSA) is 57.6 Å². The van der Waals surface area contributed by atoms with Gasteiger partial charge in [0.25, 0.3) is 0 Å². The minimum absolute atomic E-state index is 0.148. The number of carboxylic acid groups (broad SMARTS) is 1. The highest BCUT2D eigenvalue weighted by atomic mass is 16.4. The van der Waals surface area contributed by atoms with E-state index in [0.717, 1.165) is 23.1 Å². The number of benzene rings is 1. The molecule has 1 atom stereocenters. The largest absolute Gasteiger partial charge is 0.481 e. The number of carbonyl (C=O) groups is 2. The maximum Gasteiger partial charge on any atom is 0.306 e. The molecular weight excluding hydrogens is 290 g/mol. The second kappa shape index (κ2) is 7.26. The molecule has 0 amide bonds. The van der Waals surface area contributed by atoms with E-state index in [2.05, 4.69) is 17.0 Å². The van der Waals surface area contributed by atoms with Crippen LogP contribution in [0.15, 0.2) is 12.1 Å². The van der Waals surface area contributed by atoms with Gasteiger partial charge in [0.05, 0.1) is 12.0 Å². The Kier molecular flexibility index (Phi) is 5.58. The predicted octanol–water partition coefficient (Wildman–Crippen LogP) is 3.37. The number of hydrogen-bond donors (Lipinski definition) is 1. The van der Waals surface area contributed by atoms with Crippen LogP contribution in [-0.2, 0) is 4.79 Å². The van der Waals surface area contributed by atoms with Gasteiger partial charge in [-0.25, -0.2) is 0 Å². The van der Waals surface area contributed by atoms with Gasteiger partial charge in [0.1, 0.15) is 0 Å². The van der Waals surface area contributed by atoms with Crippen LogP contribution in [-0.4, -0.2) is 40.9 Å². The highest BCUT2D eigenvalue weighted by Crippen LogP contribution is 2.25. The van der Waals surface area contributed by atoms with Crippen LogP contribution in [0.25, 0.3) is 0 Å². The minimum Gasteiger partial charge on any atom is -0.481 e. The summed E-state index contributed by atoms with van der Waals surface area (Å²) in [5, 5.41) is 9.12. The van der Waals surface area contributed by atoms with Crippen molar-refractivity contribution in [3.8, 4) is 0 Å². The highest BCUT2D eigenvalue weighted by Gasteiger charge is 2.32. The number of carbonyl (C=O) groups excluding carboxylic acids is 1. The van der Waals surface area contributed by atoms with E-state index in [-0.39, 0.29) is 17.7 Å². The van der Waals surface area contributed by atoms with Crippen molar-refractivity contribution < 1.29 is 14.7 Å². The van der Waals surface area contributed by atoms with E-state index < -0.39 is 5.97 Å². The van der Waals surface area contributed by atoms with Gasteiger partial charge in [-0.05, 0) is 64.3 Å². The summed E-state index contributed by atoms with van der Waals surface area (Å²) in [6.45, 7) is 9.44. The maximum atomic E-state index is 13.1. The lowest BCUT2D eigenvalue weighted by molar-refractivity contribution is -0.143. The van der Waals surface area contributed by atoms with Crippen molar-refractivity contribution in [1.82, 2.24) is 4.90 Å². The first-order chi connectivity index (χ1) is 10.8. The standard InChI is InChI=1S/C19H27NO3/c1-5-16(20-8-6-15(7-9-20)19(22)23)18(21)17-13(3)10-12(2)11-14(17)4/h10-11,15-16H,5-9H2,1-4H3,(H,22,23). The fourth-order valence-corrected chi connectivity index (χ4v) is 3.80. The van der Waals surface area contributed by atoms with Gasteiger partial charge in [0, 0.05) is 5.56 Å². The quantitative estimate of drug-likeness (QED) is 0.846. The number of carboxylic acids is 1. The molecule has 0 bridgehead atoms. The zero-order chi connectivity index (χ0) is 17.1. The molecule has 4 heteroatoms. The molecule has 1 unspecified atom stereocenters. The van der Waals surface area contributed by atoms with Crippen LogP contribution >= 0.6 is 0 Å². The Bertz CT molecular complexity index is 578. The Labute approximate surface area is 138 Å². The Morgan fingerprint density at radius 2 is 1.70 bits per heavy atom. The SMILES string of the molecule is CCC(C(=O)c1c(C)cc(C)cc1C)N1CCC(C(=O)O)CC1. The fourth-order valence-electron chi connectivity index (χ4n) is 3.80. The first kappa shape index (κ1) is 17.7. The maximum absolute atomic E-state index is 13.1. The van der Waals surface area contributed by atoms with Crippen molar-refractivity contribution in [1.29, 1.82) is 0 Å². The second-order valence-electron chi connectivity index (χ2n) is 6.71. The van der Waals surface area contributed by atoms with E-state index in [0.29, 0.717) is 25.9 Å². The number of nitrogens with zero attached hydrogens (tertiary/aromatic N) is 1. The number of likely N-dealkylation sites (tertiary alicyclic amines) is 1. The number of Topliss-reactive ketones (excluding diaryl/α,β-unsaturated/α-hetero) is 1. The Hall–Kier alpha value is -1.68. The molecule has 1 heterocycles. The molecular formula is C19H27NO3. The number of aryl methyl sites for hydroxylation is 3. The molecule has 23 heavy (non-hydrogen) atoms. The van der Waals surface area contributed by atoms with Crippen LogP contribution in [0.4, 0.5) is 0 Å². The Balaban J connectivity index is 2.19. The minimum atomic E-state index is -0.714. The summed E-state index contributed by atoms with van der Waals surface area (Å²) >= 11 is 0. The van der Waals surface area contributed by atoms with Crippen LogP contribution in [0.1, 0.15) is 53.2 Å². The lowest BCUT2D eigenvalue weighted by Gasteiger charge is -2.35. The van der Waals surface area contributed by atoms with Crippen LogP contribution in [0, 0.1) is 26.7 Å². The van der Waals surface area contributed by atoms with E-state index in [9.17, 15) is 9.59 Å². The fraction of sp³-hybridized carbons (Fsp3) is 0.579. The summed E-state index contributed by atoms with van der Waals surface area (Å²) in [6.07, 6.45) is 2.01. The normalized spacial score (nSPS) is 17.9. The van der Waals surface area contributed by atoms with E-state index in [1.165, 1.54) is 5.56 Å². The summed E-state index contributed by atoms with van der Waals surface area (Å²) in [4.78, 5) is 26.3. The molecule has 1 fully saturated rings. The number of piperidine rings is 1. The van der Waals surface area contributed by atoms with Crippen LogP contribution in [0.5, 0.6) is 0 Å². The molecule has 1 aromatic carbocycles. The zero-order valence-corrected chi connectivity index (χ0v) is 14.6. The van der Waals surface area contributed by atoms with Crippen molar-refractivity contribution in [3.05, 3.63) is 34.4 Å². The molecule has 1 aliphatic heterocycles. The molecule has 0 saturated carbocycles. The van der Waals surface area contributed by atoms with Crippen LogP contribution in [0.2, 0.25) is 0 Å².